The second-order valence-corrected chi connectivity index (χ2v) is 3.66. The number of rotatable bonds is 4. The Morgan fingerprint density at radius 1 is 1.71 bits per heavy atom. The first kappa shape index (κ1) is 9.61. The molecule has 1 aliphatic rings. The smallest absolute Gasteiger partial charge is 0.120 e. The van der Waals surface area contributed by atoms with Crippen molar-refractivity contribution in [2.24, 2.45) is 0 Å². The Bertz CT molecular complexity index is 296. The Kier molecular flexibility index (Phi) is 2.79. The van der Waals surface area contributed by atoms with E-state index in [1.165, 1.54) is 6.42 Å². The van der Waals surface area contributed by atoms with E-state index in [1.807, 2.05) is 4.68 Å². The Labute approximate surface area is 82.7 Å². The lowest BCUT2D eigenvalue weighted by molar-refractivity contribution is 0.0555. The highest BCUT2D eigenvalue weighted by Crippen LogP contribution is 2.32. The average molecular weight is 197 g/mol. The number of nitrogens with zero attached hydrogens (tertiary/aromatic N) is 3. The molecule has 5 heteroatoms. The van der Waals surface area contributed by atoms with E-state index in [2.05, 4.69) is 10.3 Å². The van der Waals surface area contributed by atoms with Crippen molar-refractivity contribution in [1.82, 2.24) is 15.0 Å². The number of aliphatic hydroxyl groups is 1. The van der Waals surface area contributed by atoms with Crippen LogP contribution in [0.1, 0.15) is 37.1 Å². The monoisotopic (exact) mass is 197 g/mol. The summed E-state index contributed by atoms with van der Waals surface area (Å²) >= 11 is 0. The van der Waals surface area contributed by atoms with Gasteiger partial charge in [-0.3, -0.25) is 0 Å². The molecule has 0 saturated heterocycles. The first-order chi connectivity index (χ1) is 6.83. The Morgan fingerprint density at radius 2 is 2.50 bits per heavy atom. The first-order valence-corrected chi connectivity index (χ1v) is 4.90. The van der Waals surface area contributed by atoms with Crippen molar-refractivity contribution in [1.29, 1.82) is 0 Å². The van der Waals surface area contributed by atoms with Crippen molar-refractivity contribution in [3.8, 4) is 0 Å². The molecule has 0 spiro atoms. The number of methoxy groups -OCH3 is 1. The normalized spacial score (nSPS) is 19.3. The summed E-state index contributed by atoms with van der Waals surface area (Å²) in [5.41, 5.74) is 0.761. The second-order valence-electron chi connectivity index (χ2n) is 3.66. The van der Waals surface area contributed by atoms with Crippen molar-refractivity contribution >= 4 is 0 Å². The van der Waals surface area contributed by atoms with Crippen molar-refractivity contribution < 1.29 is 9.84 Å². The number of hydrogen-bond donors (Lipinski definition) is 1. The summed E-state index contributed by atoms with van der Waals surface area (Å²) in [6.45, 7) is 0.292. The fraction of sp³-hybridized carbons (Fsp3) is 0.778. The van der Waals surface area contributed by atoms with Gasteiger partial charge in [-0.05, 0) is 19.3 Å². The van der Waals surface area contributed by atoms with E-state index < -0.39 is 6.10 Å². The van der Waals surface area contributed by atoms with Crippen LogP contribution in [0, 0.1) is 0 Å². The van der Waals surface area contributed by atoms with Crippen molar-refractivity contribution in [3.05, 3.63) is 11.9 Å². The predicted molar refractivity (Wildman–Crippen MR) is 49.7 cm³/mol. The highest BCUT2D eigenvalue weighted by molar-refractivity contribution is 5.01. The molecule has 1 saturated carbocycles. The standard InChI is InChI=1S/C9H15N3O2/c1-14-6-9(13)8-5-10-11-12(8)7-3-2-4-7/h5,7,9,13H,2-4,6H2,1H3. The maximum absolute atomic E-state index is 9.73. The summed E-state index contributed by atoms with van der Waals surface area (Å²) in [6, 6.07) is 0.430. The van der Waals surface area contributed by atoms with Gasteiger partial charge in [0.05, 0.1) is 24.5 Å². The first-order valence-electron chi connectivity index (χ1n) is 4.90. The van der Waals surface area contributed by atoms with Crippen LogP contribution in [0.5, 0.6) is 0 Å². The van der Waals surface area contributed by atoms with Crippen LogP contribution in [-0.2, 0) is 4.74 Å². The largest absolute Gasteiger partial charge is 0.384 e. The third-order valence-corrected chi connectivity index (χ3v) is 2.69. The minimum absolute atomic E-state index is 0.292. The van der Waals surface area contributed by atoms with Crippen LogP contribution in [0.3, 0.4) is 0 Å². The van der Waals surface area contributed by atoms with Gasteiger partial charge in [-0.25, -0.2) is 4.68 Å². The molecule has 1 fully saturated rings. The van der Waals surface area contributed by atoms with Gasteiger partial charge in [0.15, 0.2) is 0 Å². The SMILES string of the molecule is COCC(O)c1cnnn1C1CCC1. The van der Waals surface area contributed by atoms with E-state index in [0.29, 0.717) is 12.6 Å². The fourth-order valence-corrected chi connectivity index (χ4v) is 1.65. The molecule has 0 radical (unpaired) electrons. The van der Waals surface area contributed by atoms with Gasteiger partial charge in [-0.1, -0.05) is 5.21 Å². The minimum atomic E-state index is -0.615. The lowest BCUT2D eigenvalue weighted by atomic mass is 9.93. The molecule has 0 amide bonds. The molecule has 1 aliphatic carbocycles. The molecular weight excluding hydrogens is 182 g/mol. The average Bonchev–Trinajstić information content (AvgIpc) is 2.50. The molecule has 1 atom stereocenters. The summed E-state index contributed by atoms with van der Waals surface area (Å²) in [4.78, 5) is 0. The summed E-state index contributed by atoms with van der Waals surface area (Å²) in [5.74, 6) is 0. The van der Waals surface area contributed by atoms with Crippen LogP contribution in [0.15, 0.2) is 6.20 Å². The number of hydrogen-bond acceptors (Lipinski definition) is 4. The van der Waals surface area contributed by atoms with Crippen molar-refractivity contribution in [2.45, 2.75) is 31.4 Å². The molecule has 0 aromatic carbocycles. The summed E-state index contributed by atoms with van der Waals surface area (Å²) in [5, 5.41) is 17.6. The van der Waals surface area contributed by atoms with Gasteiger partial charge in [0.2, 0.25) is 0 Å². The number of ether oxygens (including phenoxy) is 1. The quantitative estimate of drug-likeness (QED) is 0.771. The molecule has 1 heterocycles. The van der Waals surface area contributed by atoms with Crippen LogP contribution in [-0.4, -0.2) is 33.8 Å². The molecular formula is C9H15N3O2. The van der Waals surface area contributed by atoms with Crippen LogP contribution >= 0.6 is 0 Å². The lowest BCUT2D eigenvalue weighted by Crippen LogP contribution is -2.22. The molecule has 14 heavy (non-hydrogen) atoms. The zero-order valence-corrected chi connectivity index (χ0v) is 8.26. The summed E-state index contributed by atoms with van der Waals surface area (Å²) < 4.78 is 6.72. The third kappa shape index (κ3) is 1.65. The van der Waals surface area contributed by atoms with Gasteiger partial charge < -0.3 is 9.84 Å². The molecule has 5 nitrogen and oxygen atoms in total. The van der Waals surface area contributed by atoms with Crippen LogP contribution in [0.25, 0.3) is 0 Å². The fourth-order valence-electron chi connectivity index (χ4n) is 1.65. The maximum Gasteiger partial charge on any atom is 0.120 e. The highest BCUT2D eigenvalue weighted by Gasteiger charge is 2.25. The summed E-state index contributed by atoms with van der Waals surface area (Å²) in [6.07, 6.45) is 4.51. The molecule has 1 N–H and O–H groups in total. The zero-order valence-electron chi connectivity index (χ0n) is 8.26. The molecule has 1 aromatic heterocycles. The van der Waals surface area contributed by atoms with Crippen LogP contribution in [0.2, 0.25) is 0 Å². The van der Waals surface area contributed by atoms with E-state index >= 15 is 0 Å². The van der Waals surface area contributed by atoms with E-state index in [0.717, 1.165) is 18.5 Å². The predicted octanol–water partition coefficient (Wildman–Crippen LogP) is 0.683. The lowest BCUT2D eigenvalue weighted by Gasteiger charge is -2.27. The topological polar surface area (TPSA) is 60.2 Å². The van der Waals surface area contributed by atoms with Crippen LogP contribution in [0.4, 0.5) is 0 Å². The molecule has 1 aromatic rings. The second kappa shape index (κ2) is 4.06. The molecule has 78 valence electrons. The molecule has 1 unspecified atom stereocenters. The number of aromatic nitrogens is 3. The third-order valence-electron chi connectivity index (χ3n) is 2.69. The van der Waals surface area contributed by atoms with Gasteiger partial charge in [0, 0.05) is 7.11 Å². The Hall–Kier alpha value is -0.940. The van der Waals surface area contributed by atoms with E-state index in [1.54, 1.807) is 13.3 Å². The minimum Gasteiger partial charge on any atom is -0.384 e. The summed E-state index contributed by atoms with van der Waals surface area (Å²) in [7, 11) is 1.57. The maximum atomic E-state index is 9.73. The number of aliphatic hydroxyl groups excluding tert-OH is 1. The molecule has 0 bridgehead atoms. The highest BCUT2D eigenvalue weighted by atomic mass is 16.5. The van der Waals surface area contributed by atoms with E-state index in [-0.39, 0.29) is 0 Å². The Balaban J connectivity index is 2.11. The van der Waals surface area contributed by atoms with E-state index in [4.69, 9.17) is 4.74 Å². The molecule has 2 rings (SSSR count). The Morgan fingerprint density at radius 3 is 3.07 bits per heavy atom. The van der Waals surface area contributed by atoms with Gasteiger partial charge in [0.1, 0.15) is 6.10 Å². The zero-order chi connectivity index (χ0) is 9.97. The van der Waals surface area contributed by atoms with Gasteiger partial charge >= 0.3 is 0 Å². The van der Waals surface area contributed by atoms with E-state index in [9.17, 15) is 5.11 Å². The van der Waals surface area contributed by atoms with Gasteiger partial charge in [-0.2, -0.15) is 0 Å². The van der Waals surface area contributed by atoms with Crippen molar-refractivity contribution in [3.63, 3.8) is 0 Å². The molecule has 0 aliphatic heterocycles. The van der Waals surface area contributed by atoms with Gasteiger partial charge in [0.25, 0.3) is 0 Å². The van der Waals surface area contributed by atoms with Crippen LogP contribution < -0.4 is 0 Å². The van der Waals surface area contributed by atoms with Crippen molar-refractivity contribution in [2.75, 3.05) is 13.7 Å². The van der Waals surface area contributed by atoms with Gasteiger partial charge in [-0.15, -0.1) is 5.10 Å².